The van der Waals surface area contributed by atoms with E-state index in [0.29, 0.717) is 43.9 Å². The van der Waals surface area contributed by atoms with Crippen molar-refractivity contribution in [3.63, 3.8) is 0 Å². The highest BCUT2D eigenvalue weighted by atomic mass is 16.5. The van der Waals surface area contributed by atoms with E-state index in [1.807, 2.05) is 49.2 Å². The van der Waals surface area contributed by atoms with Gasteiger partial charge in [0.1, 0.15) is 11.8 Å². The second-order valence-electron chi connectivity index (χ2n) is 9.78. The Kier molecular flexibility index (Phi) is 11.0. The van der Waals surface area contributed by atoms with Crippen molar-refractivity contribution in [2.24, 2.45) is 0 Å². The highest BCUT2D eigenvalue weighted by Crippen LogP contribution is 2.23. The Labute approximate surface area is 220 Å². The van der Waals surface area contributed by atoms with Gasteiger partial charge >= 0.3 is 0 Å². The lowest BCUT2D eigenvalue weighted by atomic mass is 10.0. The van der Waals surface area contributed by atoms with Crippen LogP contribution in [-0.4, -0.2) is 89.1 Å². The fourth-order valence-corrected chi connectivity index (χ4v) is 4.59. The second-order valence-corrected chi connectivity index (χ2v) is 9.78. The number of unbranched alkanes of at least 4 members (excludes halogenated alkanes) is 1. The van der Waals surface area contributed by atoms with E-state index in [-0.39, 0.29) is 17.7 Å². The number of hydrogen-bond acceptors (Lipinski definition) is 5. The number of nitrogens with zero attached hydrogens (tertiary/aromatic N) is 5. The van der Waals surface area contributed by atoms with Crippen LogP contribution in [-0.2, 0) is 16.1 Å². The molecule has 1 aliphatic rings. The summed E-state index contributed by atoms with van der Waals surface area (Å²) in [7, 11) is 5.33. The average Bonchev–Trinajstić information content (AvgIpc) is 3.42. The molecule has 0 saturated carbocycles. The average molecular weight is 512 g/mol. The zero-order valence-electron chi connectivity index (χ0n) is 22.5. The van der Waals surface area contributed by atoms with Gasteiger partial charge in [0, 0.05) is 59.6 Å². The molecule has 0 spiro atoms. The minimum Gasteiger partial charge on any atom is -0.493 e. The number of fused-ring (bicyclic) bond motifs is 1. The largest absolute Gasteiger partial charge is 0.493 e. The van der Waals surface area contributed by atoms with Gasteiger partial charge in [-0.25, -0.2) is 0 Å². The van der Waals surface area contributed by atoms with Gasteiger partial charge in [0.2, 0.25) is 11.8 Å². The first-order chi connectivity index (χ1) is 17.9. The molecule has 0 fully saturated rings. The van der Waals surface area contributed by atoms with E-state index in [1.165, 1.54) is 0 Å². The van der Waals surface area contributed by atoms with Crippen LogP contribution in [0.2, 0.25) is 0 Å². The molecule has 1 atom stereocenters. The summed E-state index contributed by atoms with van der Waals surface area (Å²) < 4.78 is 7.74. The van der Waals surface area contributed by atoms with E-state index in [0.717, 1.165) is 45.1 Å². The minimum atomic E-state index is -0.568. The lowest BCUT2D eigenvalue weighted by Crippen LogP contribution is -2.48. The summed E-state index contributed by atoms with van der Waals surface area (Å²) in [6.45, 7) is 2.54. The second kappa shape index (κ2) is 14.4. The number of amides is 3. The van der Waals surface area contributed by atoms with Crippen LogP contribution < -0.4 is 4.74 Å². The molecule has 0 unspecified atom stereocenters. The molecular formula is C28H41N5O4. The number of rotatable bonds is 9. The summed E-state index contributed by atoms with van der Waals surface area (Å²) in [5.41, 5.74) is 0.477. The van der Waals surface area contributed by atoms with E-state index in [2.05, 4.69) is 5.10 Å². The number of hydrogen-bond donors (Lipinski definition) is 0. The van der Waals surface area contributed by atoms with E-state index in [1.54, 1.807) is 34.0 Å². The first-order valence-electron chi connectivity index (χ1n) is 13.3. The highest BCUT2D eigenvalue weighted by Gasteiger charge is 2.30. The SMILES string of the molecule is CN(CCCC[C@H]1C(=O)N(C)CCCCCOc2ccccc2C(=O)N1C)C(=O)CCCn1cccn1. The maximum atomic E-state index is 13.4. The van der Waals surface area contributed by atoms with Crippen LogP contribution >= 0.6 is 0 Å². The molecule has 1 aromatic carbocycles. The molecule has 37 heavy (non-hydrogen) atoms. The molecule has 9 nitrogen and oxygen atoms in total. The van der Waals surface area contributed by atoms with Crippen LogP contribution in [0.15, 0.2) is 42.7 Å². The normalized spacial score (nSPS) is 17.3. The Bertz CT molecular complexity index is 1010. The molecule has 1 aliphatic heterocycles. The molecule has 0 saturated heterocycles. The molecule has 0 aliphatic carbocycles. The van der Waals surface area contributed by atoms with Gasteiger partial charge < -0.3 is 19.4 Å². The third kappa shape index (κ3) is 8.33. The number of carbonyl (C=O) groups is 3. The van der Waals surface area contributed by atoms with E-state index in [4.69, 9.17) is 4.74 Å². The van der Waals surface area contributed by atoms with Crippen LogP contribution in [0.3, 0.4) is 0 Å². The van der Waals surface area contributed by atoms with E-state index < -0.39 is 6.04 Å². The number of aromatic nitrogens is 2. The van der Waals surface area contributed by atoms with Gasteiger partial charge in [0.05, 0.1) is 12.2 Å². The molecule has 0 radical (unpaired) electrons. The fraction of sp³-hybridized carbons (Fsp3) is 0.571. The predicted octanol–water partition coefficient (Wildman–Crippen LogP) is 3.45. The predicted molar refractivity (Wildman–Crippen MR) is 142 cm³/mol. The van der Waals surface area contributed by atoms with Crippen molar-refractivity contribution >= 4 is 17.7 Å². The summed E-state index contributed by atoms with van der Waals surface area (Å²) in [5.74, 6) is 0.405. The summed E-state index contributed by atoms with van der Waals surface area (Å²) in [6, 6.07) is 8.54. The van der Waals surface area contributed by atoms with Crippen LogP contribution in [0.25, 0.3) is 0 Å². The summed E-state index contributed by atoms with van der Waals surface area (Å²) in [5, 5.41) is 4.16. The molecule has 3 amide bonds. The topological polar surface area (TPSA) is 88.0 Å². The Hall–Kier alpha value is -3.36. The standard InChI is InChI=1S/C28H41N5O4/c1-30(26(34)16-11-20-33-21-12-17-29-33)18-9-7-14-24-28(36)31(2)19-8-4-10-22-37-25-15-6-5-13-23(25)27(35)32(24)3/h5-6,12-13,15,17,21,24H,4,7-11,14,16,18-20,22H2,1-3H3/t24-/m0/s1. The maximum absolute atomic E-state index is 13.4. The van der Waals surface area contributed by atoms with Crippen LogP contribution in [0.4, 0.5) is 0 Å². The minimum absolute atomic E-state index is 0.0449. The number of likely N-dealkylation sites (N-methyl/N-ethyl adjacent to an activating group) is 2. The summed E-state index contributed by atoms with van der Waals surface area (Å²) in [6.07, 6.45) is 9.59. The van der Waals surface area contributed by atoms with Gasteiger partial charge in [-0.2, -0.15) is 5.10 Å². The monoisotopic (exact) mass is 511 g/mol. The van der Waals surface area contributed by atoms with Gasteiger partial charge in [0.25, 0.3) is 5.91 Å². The quantitative estimate of drug-likeness (QED) is 0.481. The third-order valence-corrected chi connectivity index (χ3v) is 6.95. The number of benzene rings is 1. The number of para-hydroxylation sites is 1. The third-order valence-electron chi connectivity index (χ3n) is 6.95. The lowest BCUT2D eigenvalue weighted by molar-refractivity contribution is -0.135. The van der Waals surface area contributed by atoms with Crippen molar-refractivity contribution in [1.82, 2.24) is 24.5 Å². The van der Waals surface area contributed by atoms with Gasteiger partial charge in [-0.05, 0) is 63.1 Å². The first kappa shape index (κ1) is 28.2. The molecular weight excluding hydrogens is 470 g/mol. The van der Waals surface area contributed by atoms with Gasteiger partial charge in [-0.3, -0.25) is 19.1 Å². The highest BCUT2D eigenvalue weighted by molar-refractivity contribution is 5.99. The zero-order valence-corrected chi connectivity index (χ0v) is 22.5. The maximum Gasteiger partial charge on any atom is 0.258 e. The molecule has 2 aromatic rings. The number of aryl methyl sites for hydroxylation is 1. The van der Waals surface area contributed by atoms with Crippen LogP contribution in [0.5, 0.6) is 5.75 Å². The Balaban J connectivity index is 1.57. The Morgan fingerprint density at radius 2 is 1.89 bits per heavy atom. The molecule has 3 rings (SSSR count). The van der Waals surface area contributed by atoms with Gasteiger partial charge in [-0.15, -0.1) is 0 Å². The first-order valence-corrected chi connectivity index (χ1v) is 13.3. The smallest absolute Gasteiger partial charge is 0.258 e. The molecule has 202 valence electrons. The summed E-state index contributed by atoms with van der Waals surface area (Å²) >= 11 is 0. The molecule has 0 bridgehead atoms. The van der Waals surface area contributed by atoms with Crippen molar-refractivity contribution in [1.29, 1.82) is 0 Å². The van der Waals surface area contributed by atoms with Crippen molar-refractivity contribution in [3.05, 3.63) is 48.3 Å². The van der Waals surface area contributed by atoms with Gasteiger partial charge in [-0.1, -0.05) is 12.1 Å². The summed E-state index contributed by atoms with van der Waals surface area (Å²) in [4.78, 5) is 44.4. The Morgan fingerprint density at radius 1 is 1.08 bits per heavy atom. The Morgan fingerprint density at radius 3 is 2.68 bits per heavy atom. The number of ether oxygens (including phenoxy) is 1. The molecule has 1 aromatic heterocycles. The van der Waals surface area contributed by atoms with Crippen molar-refractivity contribution in [2.45, 2.75) is 64.0 Å². The van der Waals surface area contributed by atoms with E-state index >= 15 is 0 Å². The van der Waals surface area contributed by atoms with Crippen molar-refractivity contribution in [3.8, 4) is 5.75 Å². The van der Waals surface area contributed by atoms with Crippen LogP contribution in [0.1, 0.15) is 61.7 Å². The van der Waals surface area contributed by atoms with Crippen molar-refractivity contribution in [2.75, 3.05) is 40.8 Å². The van der Waals surface area contributed by atoms with E-state index in [9.17, 15) is 14.4 Å². The van der Waals surface area contributed by atoms with Crippen LogP contribution in [0, 0.1) is 0 Å². The molecule has 9 heteroatoms. The molecule has 2 heterocycles. The zero-order chi connectivity index (χ0) is 26.6. The number of carbonyl (C=O) groups excluding carboxylic acids is 3. The lowest BCUT2D eigenvalue weighted by Gasteiger charge is -2.31. The van der Waals surface area contributed by atoms with Gasteiger partial charge in [0.15, 0.2) is 0 Å². The van der Waals surface area contributed by atoms with Crippen molar-refractivity contribution < 1.29 is 19.1 Å². The fourth-order valence-electron chi connectivity index (χ4n) is 4.59. The molecule has 0 N–H and O–H groups in total.